The fourth-order valence-corrected chi connectivity index (χ4v) is 4.11. The molecule has 2 aromatic carbocycles. The van der Waals surface area contributed by atoms with Crippen LogP contribution < -0.4 is 11.0 Å². The molecule has 4 rings (SSSR count). The van der Waals surface area contributed by atoms with E-state index in [0.717, 1.165) is 17.0 Å². The van der Waals surface area contributed by atoms with Crippen molar-refractivity contribution in [3.63, 3.8) is 0 Å². The van der Waals surface area contributed by atoms with E-state index < -0.39 is 17.4 Å². The number of amides is 1. The lowest BCUT2D eigenvalue weighted by Crippen LogP contribution is -2.29. The highest BCUT2D eigenvalue weighted by molar-refractivity contribution is 7.18. The maximum absolute atomic E-state index is 13.3. The number of hydrogen-bond acceptors (Lipinski definition) is 5. The maximum atomic E-state index is 13.3. The molecule has 152 valence electrons. The van der Waals surface area contributed by atoms with E-state index >= 15 is 0 Å². The van der Waals surface area contributed by atoms with Crippen LogP contribution >= 0.6 is 11.3 Å². The zero-order chi connectivity index (χ0) is 21.3. The topological polar surface area (TPSA) is 76.9 Å². The van der Waals surface area contributed by atoms with Crippen molar-refractivity contribution in [2.45, 2.75) is 26.8 Å². The predicted molar refractivity (Wildman–Crippen MR) is 116 cm³/mol. The summed E-state index contributed by atoms with van der Waals surface area (Å²) in [5.41, 5.74) is 2.87. The molecule has 0 fully saturated rings. The number of nitrogens with one attached hydrogen (secondary N) is 1. The van der Waals surface area contributed by atoms with Gasteiger partial charge in [0.1, 0.15) is 28.4 Å². The Hall–Kier alpha value is -3.39. The Morgan fingerprint density at radius 1 is 1.17 bits per heavy atom. The van der Waals surface area contributed by atoms with E-state index in [-0.39, 0.29) is 6.54 Å². The summed E-state index contributed by atoms with van der Waals surface area (Å²) in [6, 6.07) is 13.4. The Kier molecular flexibility index (Phi) is 5.41. The smallest absolute Gasteiger partial charge is 0.324 e. The van der Waals surface area contributed by atoms with Gasteiger partial charge in [-0.2, -0.15) is 4.98 Å². The number of halogens is 1. The summed E-state index contributed by atoms with van der Waals surface area (Å²) in [5.74, 6) is -0.901. The van der Waals surface area contributed by atoms with E-state index in [0.29, 0.717) is 21.7 Å². The van der Waals surface area contributed by atoms with Gasteiger partial charge in [0.15, 0.2) is 0 Å². The lowest BCUT2D eigenvalue weighted by atomic mass is 10.1. The molecule has 1 amide bonds. The Bertz CT molecular complexity index is 1290. The van der Waals surface area contributed by atoms with Gasteiger partial charge in [-0.15, -0.1) is 11.3 Å². The van der Waals surface area contributed by atoms with Gasteiger partial charge in [0, 0.05) is 11.3 Å². The Morgan fingerprint density at radius 3 is 2.63 bits per heavy atom. The first-order chi connectivity index (χ1) is 14.4. The zero-order valence-corrected chi connectivity index (χ0v) is 17.3. The van der Waals surface area contributed by atoms with Crippen LogP contribution in [0.15, 0.2) is 53.3 Å². The van der Waals surface area contributed by atoms with E-state index in [2.05, 4.69) is 22.2 Å². The second-order valence-electron chi connectivity index (χ2n) is 6.82. The number of carbonyl (C=O) groups is 1. The third kappa shape index (κ3) is 3.99. The zero-order valence-electron chi connectivity index (χ0n) is 16.5. The highest BCUT2D eigenvalue weighted by Crippen LogP contribution is 2.29. The number of aryl methyl sites for hydroxylation is 2. The van der Waals surface area contributed by atoms with Crippen LogP contribution in [0.3, 0.4) is 0 Å². The molecule has 0 unspecified atom stereocenters. The quantitative estimate of drug-likeness (QED) is 0.524. The molecule has 0 saturated carbocycles. The van der Waals surface area contributed by atoms with Crippen molar-refractivity contribution in [3.05, 3.63) is 75.4 Å². The van der Waals surface area contributed by atoms with E-state index in [4.69, 9.17) is 0 Å². The molecule has 0 radical (unpaired) electrons. The van der Waals surface area contributed by atoms with Crippen LogP contribution in [-0.2, 0) is 17.8 Å². The highest BCUT2D eigenvalue weighted by atomic mass is 32.1. The number of carbonyl (C=O) groups excluding carboxylic acids is 1. The number of benzene rings is 2. The minimum atomic E-state index is -0.532. The third-order valence-corrected chi connectivity index (χ3v) is 5.66. The van der Waals surface area contributed by atoms with Gasteiger partial charge in [0.25, 0.3) is 0 Å². The SMILES string of the molecule is CCc1ccc(-c2nc(=O)n(CC(=O)Nc3cccc(F)c3)c3sc(C)nc23)cc1. The molecule has 0 aliphatic carbocycles. The predicted octanol–water partition coefficient (Wildman–Crippen LogP) is 4.17. The number of fused-ring (bicyclic) bond motifs is 1. The summed E-state index contributed by atoms with van der Waals surface area (Å²) in [5, 5.41) is 3.37. The van der Waals surface area contributed by atoms with Gasteiger partial charge in [-0.1, -0.05) is 37.3 Å². The summed E-state index contributed by atoms with van der Waals surface area (Å²) < 4.78 is 14.7. The summed E-state index contributed by atoms with van der Waals surface area (Å²) in [6.07, 6.45) is 0.918. The van der Waals surface area contributed by atoms with Crippen LogP contribution in [0, 0.1) is 12.7 Å². The molecule has 2 heterocycles. The number of thiazole rings is 1. The minimum Gasteiger partial charge on any atom is -0.324 e. The molecular formula is C22H19FN4O2S. The molecular weight excluding hydrogens is 403 g/mol. The van der Waals surface area contributed by atoms with Gasteiger partial charge in [-0.3, -0.25) is 9.36 Å². The molecule has 30 heavy (non-hydrogen) atoms. The molecule has 0 saturated heterocycles. The van der Waals surface area contributed by atoms with Crippen molar-refractivity contribution in [1.29, 1.82) is 0 Å². The monoisotopic (exact) mass is 422 g/mol. The molecule has 0 aliphatic heterocycles. The second kappa shape index (κ2) is 8.16. The van der Waals surface area contributed by atoms with E-state index in [9.17, 15) is 14.0 Å². The first-order valence-electron chi connectivity index (χ1n) is 9.47. The van der Waals surface area contributed by atoms with Crippen molar-refractivity contribution in [2.75, 3.05) is 5.32 Å². The highest BCUT2D eigenvalue weighted by Gasteiger charge is 2.18. The lowest BCUT2D eigenvalue weighted by molar-refractivity contribution is -0.116. The number of nitrogens with zero attached hydrogens (tertiary/aromatic N) is 3. The van der Waals surface area contributed by atoms with Crippen molar-refractivity contribution in [1.82, 2.24) is 14.5 Å². The van der Waals surface area contributed by atoms with Crippen molar-refractivity contribution >= 4 is 33.3 Å². The second-order valence-corrected chi connectivity index (χ2v) is 8.01. The standard InChI is InChI=1S/C22H19FN4O2S/c1-3-14-7-9-15(10-8-14)19-20-21(30-13(2)24-20)27(22(29)26-19)12-18(28)25-17-6-4-5-16(23)11-17/h4-11H,3,12H2,1-2H3,(H,25,28). The number of aromatic nitrogens is 3. The molecule has 2 aromatic heterocycles. The first-order valence-corrected chi connectivity index (χ1v) is 10.3. The third-order valence-electron chi connectivity index (χ3n) is 4.67. The average Bonchev–Trinajstić information content (AvgIpc) is 3.11. The van der Waals surface area contributed by atoms with Crippen LogP contribution in [0.1, 0.15) is 17.5 Å². The molecule has 0 spiro atoms. The maximum Gasteiger partial charge on any atom is 0.349 e. The van der Waals surface area contributed by atoms with E-state index in [1.165, 1.54) is 39.7 Å². The summed E-state index contributed by atoms with van der Waals surface area (Å²) in [6.45, 7) is 3.68. The van der Waals surface area contributed by atoms with Crippen LogP contribution in [0.25, 0.3) is 21.6 Å². The Balaban J connectivity index is 1.71. The van der Waals surface area contributed by atoms with Crippen LogP contribution in [0.2, 0.25) is 0 Å². The number of rotatable bonds is 5. The van der Waals surface area contributed by atoms with Crippen LogP contribution in [0.4, 0.5) is 10.1 Å². The average molecular weight is 422 g/mol. The van der Waals surface area contributed by atoms with E-state index in [1.54, 1.807) is 6.07 Å². The Morgan fingerprint density at radius 2 is 1.93 bits per heavy atom. The van der Waals surface area contributed by atoms with Crippen LogP contribution in [-0.4, -0.2) is 20.4 Å². The number of hydrogen-bond donors (Lipinski definition) is 1. The summed E-state index contributed by atoms with van der Waals surface area (Å²) in [4.78, 5) is 34.6. The summed E-state index contributed by atoms with van der Waals surface area (Å²) in [7, 11) is 0. The van der Waals surface area contributed by atoms with Gasteiger partial charge in [-0.25, -0.2) is 14.2 Å². The van der Waals surface area contributed by atoms with Gasteiger partial charge in [0.05, 0.1) is 5.01 Å². The van der Waals surface area contributed by atoms with Gasteiger partial charge in [0.2, 0.25) is 5.91 Å². The van der Waals surface area contributed by atoms with E-state index in [1.807, 2.05) is 31.2 Å². The molecule has 8 heteroatoms. The molecule has 4 aromatic rings. The number of anilines is 1. The normalized spacial score (nSPS) is 11.0. The fourth-order valence-electron chi connectivity index (χ4n) is 3.20. The van der Waals surface area contributed by atoms with Crippen molar-refractivity contribution in [3.8, 4) is 11.3 Å². The first kappa shape index (κ1) is 19.9. The molecule has 0 aliphatic rings. The van der Waals surface area contributed by atoms with Crippen molar-refractivity contribution in [2.24, 2.45) is 0 Å². The largest absolute Gasteiger partial charge is 0.349 e. The van der Waals surface area contributed by atoms with Gasteiger partial charge in [-0.05, 0) is 37.1 Å². The molecule has 6 nitrogen and oxygen atoms in total. The fraction of sp³-hybridized carbons (Fsp3) is 0.182. The van der Waals surface area contributed by atoms with Gasteiger partial charge >= 0.3 is 5.69 Å². The Labute approximate surface area is 176 Å². The lowest BCUT2D eigenvalue weighted by Gasteiger charge is -2.10. The van der Waals surface area contributed by atoms with Crippen molar-refractivity contribution < 1.29 is 9.18 Å². The molecule has 0 bridgehead atoms. The summed E-state index contributed by atoms with van der Waals surface area (Å²) >= 11 is 1.33. The molecule has 1 N–H and O–H groups in total. The van der Waals surface area contributed by atoms with Crippen LogP contribution in [0.5, 0.6) is 0 Å². The van der Waals surface area contributed by atoms with Gasteiger partial charge < -0.3 is 5.32 Å². The minimum absolute atomic E-state index is 0.241. The molecule has 0 atom stereocenters.